The molecule has 0 unspecified atom stereocenters. The van der Waals surface area contributed by atoms with Crippen molar-refractivity contribution >= 4 is 80.9 Å². The fraction of sp³-hybridized carbons (Fsp3) is 0.0909. The predicted molar refractivity (Wildman–Crippen MR) is 129 cm³/mol. The first-order valence-corrected chi connectivity index (χ1v) is 10.6. The highest BCUT2D eigenvalue weighted by Crippen LogP contribution is 2.31. The zero-order valence-corrected chi connectivity index (χ0v) is 19.0. The van der Waals surface area contributed by atoms with Crippen LogP contribution in [0.4, 0.5) is 5.69 Å². The Bertz CT molecular complexity index is 1340. The molecule has 0 spiro atoms. The van der Waals surface area contributed by atoms with Gasteiger partial charge in [0.15, 0.2) is 5.11 Å². The van der Waals surface area contributed by atoms with Gasteiger partial charge in [-0.1, -0.05) is 41.4 Å². The maximum absolute atomic E-state index is 13.3. The van der Waals surface area contributed by atoms with Gasteiger partial charge in [-0.3, -0.25) is 24.6 Å². The minimum Gasteiger partial charge on any atom is -0.368 e. The molecular formula is C22H16Cl2N4O3S. The predicted octanol–water partition coefficient (Wildman–Crippen LogP) is 3.57. The number of aromatic nitrogens is 1. The van der Waals surface area contributed by atoms with Crippen LogP contribution in [0.25, 0.3) is 17.0 Å². The van der Waals surface area contributed by atoms with E-state index in [0.29, 0.717) is 27.0 Å². The van der Waals surface area contributed by atoms with E-state index in [4.69, 9.17) is 41.2 Å². The molecule has 4 rings (SSSR count). The molecule has 1 aliphatic rings. The highest BCUT2D eigenvalue weighted by atomic mass is 35.5. The number of nitrogens with one attached hydrogen (secondary N) is 1. The van der Waals surface area contributed by atoms with Gasteiger partial charge in [0, 0.05) is 32.2 Å². The number of fused-ring (bicyclic) bond motifs is 1. The molecule has 32 heavy (non-hydrogen) atoms. The van der Waals surface area contributed by atoms with Crippen molar-refractivity contribution in [1.82, 2.24) is 9.88 Å². The molecule has 0 saturated carbocycles. The van der Waals surface area contributed by atoms with E-state index in [9.17, 15) is 14.4 Å². The van der Waals surface area contributed by atoms with Gasteiger partial charge >= 0.3 is 0 Å². The Labute approximate surface area is 198 Å². The zero-order valence-electron chi connectivity index (χ0n) is 16.7. The van der Waals surface area contributed by atoms with E-state index >= 15 is 0 Å². The molecule has 0 bridgehead atoms. The summed E-state index contributed by atoms with van der Waals surface area (Å²) in [4.78, 5) is 38.8. The molecule has 3 aromatic rings. The first-order valence-electron chi connectivity index (χ1n) is 9.41. The van der Waals surface area contributed by atoms with Gasteiger partial charge in [-0.15, -0.1) is 0 Å². The van der Waals surface area contributed by atoms with E-state index in [0.717, 1.165) is 15.8 Å². The third-order valence-electron chi connectivity index (χ3n) is 5.09. The van der Waals surface area contributed by atoms with Crippen LogP contribution in [0, 0.1) is 6.92 Å². The van der Waals surface area contributed by atoms with Crippen LogP contribution in [0.5, 0.6) is 0 Å². The number of carbonyl (C=O) groups excluding carboxylic acids is 3. The minimum absolute atomic E-state index is 0.0348. The normalized spacial score (nSPS) is 15.5. The first-order chi connectivity index (χ1) is 15.2. The van der Waals surface area contributed by atoms with Gasteiger partial charge in [-0.25, -0.2) is 0 Å². The summed E-state index contributed by atoms with van der Waals surface area (Å²) < 4.78 is 1.74. The summed E-state index contributed by atoms with van der Waals surface area (Å²) in [5.41, 5.74) is 7.68. The van der Waals surface area contributed by atoms with Crippen molar-refractivity contribution in [3.63, 3.8) is 0 Å². The highest BCUT2D eigenvalue weighted by molar-refractivity contribution is 7.80. The molecule has 2 heterocycles. The number of anilines is 1. The van der Waals surface area contributed by atoms with Crippen LogP contribution in [0.15, 0.2) is 48.0 Å². The molecule has 1 fully saturated rings. The number of halogens is 2. The smallest absolute Gasteiger partial charge is 0.270 e. The number of rotatable bonds is 4. The van der Waals surface area contributed by atoms with Crippen molar-refractivity contribution in [2.45, 2.75) is 13.5 Å². The molecule has 1 aliphatic heterocycles. The van der Waals surface area contributed by atoms with Crippen molar-refractivity contribution in [1.29, 1.82) is 0 Å². The lowest BCUT2D eigenvalue weighted by Crippen LogP contribution is -2.54. The fourth-order valence-corrected chi connectivity index (χ4v) is 4.50. The van der Waals surface area contributed by atoms with Crippen molar-refractivity contribution in [2.75, 3.05) is 4.90 Å². The second kappa shape index (κ2) is 8.38. The number of carbonyl (C=O) groups is 3. The van der Waals surface area contributed by atoms with E-state index in [1.807, 2.05) is 24.3 Å². The number of amides is 3. The molecule has 0 radical (unpaired) electrons. The number of thiocarbonyl (C=S) groups is 1. The third kappa shape index (κ3) is 3.88. The van der Waals surface area contributed by atoms with Crippen molar-refractivity contribution in [2.24, 2.45) is 5.73 Å². The lowest BCUT2D eigenvalue weighted by Gasteiger charge is -2.29. The SMILES string of the molecule is Cc1c(C=C2C(=O)NC(=S)N(c3cc(Cl)cc(Cl)c3)C2=O)c2ccccc2n1CC(N)=O. The van der Waals surface area contributed by atoms with Crippen LogP contribution < -0.4 is 16.0 Å². The number of primary amides is 1. The lowest BCUT2D eigenvalue weighted by atomic mass is 10.0. The summed E-state index contributed by atoms with van der Waals surface area (Å²) in [7, 11) is 0. The van der Waals surface area contributed by atoms with Crippen molar-refractivity contribution < 1.29 is 14.4 Å². The molecular weight excluding hydrogens is 471 g/mol. The zero-order chi connectivity index (χ0) is 23.2. The van der Waals surface area contributed by atoms with Crippen molar-refractivity contribution in [3.05, 3.63) is 69.3 Å². The fourth-order valence-electron chi connectivity index (χ4n) is 3.70. The van der Waals surface area contributed by atoms with Crippen LogP contribution in [0.2, 0.25) is 10.0 Å². The molecule has 3 amide bonds. The van der Waals surface area contributed by atoms with E-state index in [-0.39, 0.29) is 17.2 Å². The molecule has 7 nitrogen and oxygen atoms in total. The average molecular weight is 487 g/mol. The van der Waals surface area contributed by atoms with E-state index in [1.165, 1.54) is 24.3 Å². The maximum Gasteiger partial charge on any atom is 0.270 e. The Hall–Kier alpha value is -3.20. The third-order valence-corrected chi connectivity index (χ3v) is 5.81. The average Bonchev–Trinajstić information content (AvgIpc) is 2.95. The number of nitrogens with two attached hydrogens (primary N) is 1. The standard InChI is InChI=1S/C22H16Cl2N4O3S/c1-11-16(15-4-2-3-5-18(15)27(11)10-19(25)29)9-17-20(30)26-22(32)28(21(17)31)14-7-12(23)6-13(24)8-14/h2-9H,10H2,1H3,(H2,25,29)(H,26,30,32). The van der Waals surface area contributed by atoms with Crippen LogP contribution in [-0.2, 0) is 20.9 Å². The molecule has 0 aliphatic carbocycles. The maximum atomic E-state index is 13.3. The Kier molecular flexibility index (Phi) is 5.77. The second-order valence-electron chi connectivity index (χ2n) is 7.15. The Morgan fingerprint density at radius 2 is 1.81 bits per heavy atom. The summed E-state index contributed by atoms with van der Waals surface area (Å²) in [6.07, 6.45) is 1.49. The minimum atomic E-state index is -0.629. The van der Waals surface area contributed by atoms with E-state index in [1.54, 1.807) is 11.5 Å². The summed E-state index contributed by atoms with van der Waals surface area (Å²) in [6, 6.07) is 11.9. The van der Waals surface area contributed by atoms with Gasteiger partial charge in [-0.2, -0.15) is 0 Å². The number of hydrogen-bond donors (Lipinski definition) is 2. The monoisotopic (exact) mass is 486 g/mol. The van der Waals surface area contributed by atoms with Gasteiger partial charge in [0.05, 0.1) is 5.69 Å². The molecule has 0 atom stereocenters. The van der Waals surface area contributed by atoms with Gasteiger partial charge < -0.3 is 10.3 Å². The highest BCUT2D eigenvalue weighted by Gasteiger charge is 2.35. The first kappa shape index (κ1) is 22.0. The number of nitrogens with zero attached hydrogens (tertiary/aromatic N) is 2. The molecule has 2 aromatic carbocycles. The van der Waals surface area contributed by atoms with Gasteiger partial charge in [0.2, 0.25) is 5.91 Å². The summed E-state index contributed by atoms with van der Waals surface area (Å²) in [5.74, 6) is -1.76. The Morgan fingerprint density at radius 1 is 1.16 bits per heavy atom. The number of hydrogen-bond acceptors (Lipinski definition) is 4. The Morgan fingerprint density at radius 3 is 2.47 bits per heavy atom. The van der Waals surface area contributed by atoms with Gasteiger partial charge in [0.1, 0.15) is 12.1 Å². The topological polar surface area (TPSA) is 97.4 Å². The summed E-state index contributed by atoms with van der Waals surface area (Å²) >= 11 is 17.4. The van der Waals surface area contributed by atoms with Gasteiger partial charge in [0.25, 0.3) is 11.8 Å². The molecule has 1 saturated heterocycles. The number of benzene rings is 2. The molecule has 1 aromatic heterocycles. The van der Waals surface area contributed by atoms with Gasteiger partial charge in [-0.05, 0) is 49.5 Å². The summed E-state index contributed by atoms with van der Waals surface area (Å²) in [5, 5.41) is 3.86. The lowest BCUT2D eigenvalue weighted by molar-refractivity contribution is -0.122. The molecule has 10 heteroatoms. The van der Waals surface area contributed by atoms with Crippen LogP contribution in [0.3, 0.4) is 0 Å². The Balaban J connectivity index is 1.87. The second-order valence-corrected chi connectivity index (χ2v) is 8.41. The van der Waals surface area contributed by atoms with Crippen LogP contribution in [-0.4, -0.2) is 27.4 Å². The largest absolute Gasteiger partial charge is 0.368 e. The number of para-hydroxylation sites is 1. The van der Waals surface area contributed by atoms with E-state index < -0.39 is 17.7 Å². The quantitative estimate of drug-likeness (QED) is 0.334. The van der Waals surface area contributed by atoms with Crippen LogP contribution in [0.1, 0.15) is 11.3 Å². The molecule has 3 N–H and O–H groups in total. The van der Waals surface area contributed by atoms with Crippen LogP contribution >= 0.6 is 35.4 Å². The van der Waals surface area contributed by atoms with Crippen molar-refractivity contribution in [3.8, 4) is 0 Å². The molecule has 162 valence electrons. The van der Waals surface area contributed by atoms with E-state index in [2.05, 4.69) is 5.32 Å². The summed E-state index contributed by atoms with van der Waals surface area (Å²) in [6.45, 7) is 1.76.